The van der Waals surface area contributed by atoms with Crippen molar-refractivity contribution >= 4 is 17.9 Å². The third-order valence-electron chi connectivity index (χ3n) is 14.7. The highest BCUT2D eigenvalue weighted by molar-refractivity contribution is 5.72. The maximum absolute atomic E-state index is 12.9. The zero-order valence-corrected chi connectivity index (χ0v) is 51.2. The summed E-state index contributed by atoms with van der Waals surface area (Å²) < 4.78 is 16.8. The van der Waals surface area contributed by atoms with Gasteiger partial charge in [-0.1, -0.05) is 325 Å². The smallest absolute Gasteiger partial charge is 0.309 e. The predicted octanol–water partition coefficient (Wildman–Crippen LogP) is 22.9. The van der Waals surface area contributed by atoms with E-state index in [1.807, 2.05) is 12.2 Å². The molecule has 0 heterocycles. The molecular formula is C71H126O6. The second kappa shape index (κ2) is 65.4. The highest BCUT2D eigenvalue weighted by atomic mass is 16.6. The molecule has 0 aliphatic carbocycles. The molecule has 0 N–H and O–H groups in total. The van der Waals surface area contributed by atoms with Gasteiger partial charge >= 0.3 is 17.9 Å². The average Bonchev–Trinajstić information content (AvgIpc) is 3.43. The number of ether oxygens (including phenoxy) is 3. The molecule has 0 aliphatic heterocycles. The number of hydrogen-bond donors (Lipinski definition) is 0. The second-order valence-corrected chi connectivity index (χ2v) is 22.4. The van der Waals surface area contributed by atoms with E-state index in [0.717, 1.165) is 70.6 Å². The van der Waals surface area contributed by atoms with Gasteiger partial charge in [0.2, 0.25) is 0 Å². The maximum Gasteiger partial charge on any atom is 0.309 e. The Morgan fingerprint density at radius 1 is 0.286 bits per heavy atom. The lowest BCUT2D eigenvalue weighted by Gasteiger charge is -2.18. The normalized spacial score (nSPS) is 12.5. The van der Waals surface area contributed by atoms with Crippen LogP contribution in [0, 0.1) is 0 Å². The number of unbranched alkanes of at least 4 members (excludes halogenated alkanes) is 39. The number of carbonyl (C=O) groups is 3. The molecule has 0 aromatic carbocycles. The molecule has 0 aliphatic rings. The molecule has 0 saturated heterocycles. The number of allylic oxidation sites excluding steroid dienone is 11. The van der Waals surface area contributed by atoms with Crippen LogP contribution in [0.25, 0.3) is 0 Å². The third-order valence-corrected chi connectivity index (χ3v) is 14.7. The van der Waals surface area contributed by atoms with Crippen molar-refractivity contribution in [2.75, 3.05) is 13.2 Å². The molecule has 0 aromatic heterocycles. The molecule has 0 spiro atoms. The first-order valence-electron chi connectivity index (χ1n) is 33.4. The number of rotatable bonds is 61. The van der Waals surface area contributed by atoms with Crippen molar-refractivity contribution in [3.05, 3.63) is 72.9 Å². The average molecular weight is 1080 g/mol. The summed E-state index contributed by atoms with van der Waals surface area (Å²) in [7, 11) is 0. The molecule has 446 valence electrons. The van der Waals surface area contributed by atoms with Gasteiger partial charge in [-0.2, -0.15) is 0 Å². The van der Waals surface area contributed by atoms with E-state index in [-0.39, 0.29) is 31.6 Å². The van der Waals surface area contributed by atoms with Crippen LogP contribution in [0.5, 0.6) is 0 Å². The first-order valence-corrected chi connectivity index (χ1v) is 33.4. The van der Waals surface area contributed by atoms with Gasteiger partial charge in [0.25, 0.3) is 0 Å². The van der Waals surface area contributed by atoms with Crippen LogP contribution in [0.3, 0.4) is 0 Å². The number of carbonyl (C=O) groups excluding carboxylic acids is 3. The Bertz CT molecular complexity index is 1420. The Hall–Kier alpha value is -3.15. The Morgan fingerprint density at radius 3 is 0.896 bits per heavy atom. The van der Waals surface area contributed by atoms with E-state index in [1.165, 1.54) is 231 Å². The molecule has 1 unspecified atom stereocenters. The predicted molar refractivity (Wildman–Crippen MR) is 335 cm³/mol. The Labute approximate surface area is 478 Å². The van der Waals surface area contributed by atoms with Crippen LogP contribution in [0.2, 0.25) is 0 Å². The van der Waals surface area contributed by atoms with Crippen molar-refractivity contribution in [1.29, 1.82) is 0 Å². The van der Waals surface area contributed by atoms with E-state index in [0.29, 0.717) is 12.8 Å². The van der Waals surface area contributed by atoms with Crippen molar-refractivity contribution in [3.8, 4) is 0 Å². The molecule has 77 heavy (non-hydrogen) atoms. The van der Waals surface area contributed by atoms with E-state index in [9.17, 15) is 14.4 Å². The van der Waals surface area contributed by atoms with Crippen LogP contribution >= 0.6 is 0 Å². The molecule has 0 amide bonds. The van der Waals surface area contributed by atoms with Crippen LogP contribution in [0.15, 0.2) is 72.9 Å². The molecule has 1 atom stereocenters. The van der Waals surface area contributed by atoms with Gasteiger partial charge in [-0.15, -0.1) is 0 Å². The monoisotopic (exact) mass is 1070 g/mol. The Balaban J connectivity index is 4.30. The summed E-state index contributed by atoms with van der Waals surface area (Å²) in [5.41, 5.74) is 0. The van der Waals surface area contributed by atoms with Crippen molar-refractivity contribution in [3.63, 3.8) is 0 Å². The fraction of sp³-hybridized carbons (Fsp3) is 0.789. The van der Waals surface area contributed by atoms with Crippen molar-refractivity contribution in [2.45, 2.75) is 348 Å². The minimum atomic E-state index is -0.814. The summed E-state index contributed by atoms with van der Waals surface area (Å²) in [6.07, 6.45) is 85.3. The quantitative estimate of drug-likeness (QED) is 0.0261. The third kappa shape index (κ3) is 63.6. The second-order valence-electron chi connectivity index (χ2n) is 22.4. The Morgan fingerprint density at radius 2 is 0.558 bits per heavy atom. The molecular weight excluding hydrogens is 949 g/mol. The number of hydrogen-bond acceptors (Lipinski definition) is 6. The van der Waals surface area contributed by atoms with E-state index in [2.05, 4.69) is 81.5 Å². The fourth-order valence-electron chi connectivity index (χ4n) is 9.75. The molecule has 0 radical (unpaired) electrons. The van der Waals surface area contributed by atoms with Gasteiger partial charge in [-0.3, -0.25) is 14.4 Å². The van der Waals surface area contributed by atoms with Crippen molar-refractivity contribution in [1.82, 2.24) is 0 Å². The zero-order chi connectivity index (χ0) is 55.7. The highest BCUT2D eigenvalue weighted by Crippen LogP contribution is 2.18. The van der Waals surface area contributed by atoms with Gasteiger partial charge in [-0.05, 0) is 70.6 Å². The van der Waals surface area contributed by atoms with E-state index >= 15 is 0 Å². The molecule has 0 saturated carbocycles. The SMILES string of the molecule is CC/C=C\C/C=C\C/C=C\C/C=C\C/C=C\CC(=O)OCC(COC(=O)CCCCCCCCCCCCCCCCC/C=C\CCCCCCCCCC)OC(=O)CCCCCCCCCCCCCCCCCCC. The standard InChI is InChI=1S/C71H126O6/c1-4-7-10-13-16-19-22-25-28-30-31-32-33-34-35-36-37-38-39-41-43-46-49-52-55-58-61-64-70(73)76-67-68(66-75-69(72)63-60-57-54-51-48-45-42-27-24-21-18-15-12-9-6-3)77-71(74)65-62-59-56-53-50-47-44-40-29-26-23-20-17-14-11-8-5-2/h9,12,18,21,27,30-31,42,48,51,57,60,68H,4-8,10-11,13-17,19-20,22-26,28-29,32-41,43-47,49-50,52-56,58-59,61-67H2,1-3H3/b12-9-,21-18-,31-30-,42-27-,51-48-,60-57-. The fourth-order valence-corrected chi connectivity index (χ4v) is 9.75. The lowest BCUT2D eigenvalue weighted by Crippen LogP contribution is -2.30. The largest absolute Gasteiger partial charge is 0.462 e. The van der Waals surface area contributed by atoms with Crippen LogP contribution in [0.4, 0.5) is 0 Å². The highest BCUT2D eigenvalue weighted by Gasteiger charge is 2.19. The van der Waals surface area contributed by atoms with E-state index in [1.54, 1.807) is 0 Å². The van der Waals surface area contributed by atoms with Crippen molar-refractivity contribution < 1.29 is 28.6 Å². The van der Waals surface area contributed by atoms with Gasteiger partial charge in [0.05, 0.1) is 6.42 Å². The van der Waals surface area contributed by atoms with Crippen LogP contribution in [-0.4, -0.2) is 37.2 Å². The lowest BCUT2D eigenvalue weighted by atomic mass is 10.0. The minimum Gasteiger partial charge on any atom is -0.462 e. The summed E-state index contributed by atoms with van der Waals surface area (Å²) in [5, 5.41) is 0. The maximum atomic E-state index is 12.9. The van der Waals surface area contributed by atoms with Gasteiger partial charge in [0, 0.05) is 12.8 Å². The molecule has 6 heteroatoms. The summed E-state index contributed by atoms with van der Waals surface area (Å²) >= 11 is 0. The lowest BCUT2D eigenvalue weighted by molar-refractivity contribution is -0.166. The molecule has 0 rings (SSSR count). The van der Waals surface area contributed by atoms with Crippen molar-refractivity contribution in [2.24, 2.45) is 0 Å². The topological polar surface area (TPSA) is 78.9 Å². The zero-order valence-electron chi connectivity index (χ0n) is 51.2. The van der Waals surface area contributed by atoms with Crippen LogP contribution < -0.4 is 0 Å². The van der Waals surface area contributed by atoms with Gasteiger partial charge in [0.1, 0.15) is 13.2 Å². The summed E-state index contributed by atoms with van der Waals surface area (Å²) in [4.78, 5) is 38.3. The molecule has 0 fully saturated rings. The summed E-state index contributed by atoms with van der Waals surface area (Å²) in [6.45, 7) is 6.49. The minimum absolute atomic E-state index is 0.101. The Kier molecular flexibility index (Phi) is 62.7. The van der Waals surface area contributed by atoms with E-state index < -0.39 is 12.1 Å². The molecule has 0 aromatic rings. The molecule has 6 nitrogen and oxygen atoms in total. The summed E-state index contributed by atoms with van der Waals surface area (Å²) in [5.74, 6) is -1.02. The van der Waals surface area contributed by atoms with Gasteiger partial charge in [-0.25, -0.2) is 0 Å². The van der Waals surface area contributed by atoms with Gasteiger partial charge in [0.15, 0.2) is 6.10 Å². The first-order chi connectivity index (χ1) is 38.0. The summed E-state index contributed by atoms with van der Waals surface area (Å²) in [6, 6.07) is 0. The van der Waals surface area contributed by atoms with E-state index in [4.69, 9.17) is 14.2 Å². The molecule has 0 bridgehead atoms. The first kappa shape index (κ1) is 73.8. The van der Waals surface area contributed by atoms with Gasteiger partial charge < -0.3 is 14.2 Å². The van der Waals surface area contributed by atoms with Crippen LogP contribution in [0.1, 0.15) is 342 Å². The van der Waals surface area contributed by atoms with Crippen LogP contribution in [-0.2, 0) is 28.6 Å². The number of esters is 3.